The zero-order valence-electron chi connectivity index (χ0n) is 17.5. The summed E-state index contributed by atoms with van der Waals surface area (Å²) in [6.45, 7) is -0.817. The molecule has 3 heterocycles. The van der Waals surface area contributed by atoms with Gasteiger partial charge in [0.25, 0.3) is 12.3 Å². The smallest absolute Gasteiger partial charge is 0.389 e. The number of pyridine rings is 1. The van der Waals surface area contributed by atoms with E-state index < -0.39 is 43.9 Å². The molecule has 0 aliphatic carbocycles. The Morgan fingerprint density at radius 3 is 2.68 bits per heavy atom. The molecule has 9 nitrogen and oxygen atoms in total. The molecule has 2 N–H and O–H groups in total. The Kier molecular flexibility index (Phi) is 7.91. The number of carbonyl (C=O) groups excluding carboxylic acids is 2. The minimum Gasteiger partial charge on any atom is -0.488 e. The van der Waals surface area contributed by atoms with E-state index in [4.69, 9.17) is 4.74 Å². The summed E-state index contributed by atoms with van der Waals surface area (Å²) in [6.07, 6.45) is -4.68. The first-order chi connectivity index (χ1) is 16.1. The Labute approximate surface area is 189 Å². The fourth-order valence-corrected chi connectivity index (χ4v) is 2.74. The zero-order valence-corrected chi connectivity index (χ0v) is 17.5. The minimum atomic E-state index is -4.40. The first-order valence-corrected chi connectivity index (χ1v) is 9.91. The van der Waals surface area contributed by atoms with E-state index in [1.165, 1.54) is 29.0 Å². The average Bonchev–Trinajstić information content (AvgIpc) is 3.20. The molecule has 0 bridgehead atoms. The van der Waals surface area contributed by atoms with Crippen molar-refractivity contribution in [1.82, 2.24) is 30.2 Å². The van der Waals surface area contributed by atoms with Gasteiger partial charge in [-0.05, 0) is 17.7 Å². The number of alkyl halides is 5. The SMILES string of the molecule is O=C(CCC(F)(F)F)NCc1cnn2cc(CNC(=O)c3cc(OCC(F)F)ccn3)nc2c1. The van der Waals surface area contributed by atoms with Crippen LogP contribution in [0, 0.1) is 0 Å². The van der Waals surface area contributed by atoms with Crippen LogP contribution in [0.2, 0.25) is 0 Å². The van der Waals surface area contributed by atoms with Crippen molar-refractivity contribution in [3.8, 4) is 5.75 Å². The number of amides is 2. The number of hydrogen-bond donors (Lipinski definition) is 2. The Bertz CT molecular complexity index is 1150. The Morgan fingerprint density at radius 2 is 1.94 bits per heavy atom. The second-order valence-corrected chi connectivity index (χ2v) is 7.05. The minimum absolute atomic E-state index is 0.00943. The lowest BCUT2D eigenvalue weighted by atomic mass is 10.2. The lowest BCUT2D eigenvalue weighted by Crippen LogP contribution is -2.24. The predicted molar refractivity (Wildman–Crippen MR) is 107 cm³/mol. The number of nitrogens with one attached hydrogen (secondary N) is 2. The third-order valence-corrected chi connectivity index (χ3v) is 4.32. The standard InChI is InChI=1S/C20H19F5N6O3/c21-16(22)11-34-14-2-4-26-15(6-14)19(33)28-9-13-10-31-17(30-13)5-12(8-29-31)7-27-18(32)1-3-20(23,24)25/h2,4-6,8,10,16H,1,3,7,9,11H2,(H,27,32)(H,28,33). The first kappa shape index (κ1) is 24.8. The molecule has 0 atom stereocenters. The van der Waals surface area contributed by atoms with E-state index in [1.54, 1.807) is 12.3 Å². The monoisotopic (exact) mass is 486 g/mol. The van der Waals surface area contributed by atoms with E-state index in [-0.39, 0.29) is 24.5 Å². The lowest BCUT2D eigenvalue weighted by molar-refractivity contribution is -0.144. The maximum absolute atomic E-state index is 12.3. The van der Waals surface area contributed by atoms with Gasteiger partial charge in [0, 0.05) is 25.2 Å². The van der Waals surface area contributed by atoms with Crippen molar-refractivity contribution in [1.29, 1.82) is 0 Å². The number of imidazole rings is 1. The largest absolute Gasteiger partial charge is 0.488 e. The van der Waals surface area contributed by atoms with Crippen molar-refractivity contribution in [2.24, 2.45) is 0 Å². The Balaban J connectivity index is 1.54. The summed E-state index contributed by atoms with van der Waals surface area (Å²) in [4.78, 5) is 32.0. The van der Waals surface area contributed by atoms with Gasteiger partial charge < -0.3 is 15.4 Å². The molecule has 0 saturated heterocycles. The van der Waals surface area contributed by atoms with E-state index >= 15 is 0 Å². The number of fused-ring (bicyclic) bond motifs is 1. The van der Waals surface area contributed by atoms with Crippen LogP contribution in [0.4, 0.5) is 22.0 Å². The fourth-order valence-electron chi connectivity index (χ4n) is 2.74. The van der Waals surface area contributed by atoms with Crippen molar-refractivity contribution in [3.05, 3.63) is 53.7 Å². The van der Waals surface area contributed by atoms with Crippen LogP contribution in [-0.4, -0.2) is 50.6 Å². The third-order valence-electron chi connectivity index (χ3n) is 4.32. The summed E-state index contributed by atoms with van der Waals surface area (Å²) in [5.74, 6) is -1.23. The van der Waals surface area contributed by atoms with Gasteiger partial charge in [-0.1, -0.05) is 0 Å². The molecule has 34 heavy (non-hydrogen) atoms. The molecule has 0 unspecified atom stereocenters. The fraction of sp³-hybridized carbons (Fsp3) is 0.350. The molecule has 0 radical (unpaired) electrons. The molecule has 3 rings (SSSR count). The van der Waals surface area contributed by atoms with Gasteiger partial charge in [-0.2, -0.15) is 18.3 Å². The molecular weight excluding hydrogens is 467 g/mol. The van der Waals surface area contributed by atoms with Gasteiger partial charge in [0.15, 0.2) is 5.65 Å². The molecule has 2 amide bonds. The summed E-state index contributed by atoms with van der Waals surface area (Å²) < 4.78 is 67.3. The zero-order chi connectivity index (χ0) is 24.7. The van der Waals surface area contributed by atoms with Crippen molar-refractivity contribution in [2.45, 2.75) is 38.5 Å². The number of carbonyl (C=O) groups is 2. The van der Waals surface area contributed by atoms with Crippen molar-refractivity contribution in [3.63, 3.8) is 0 Å². The molecule has 0 aliphatic heterocycles. The topological polar surface area (TPSA) is 111 Å². The lowest BCUT2D eigenvalue weighted by Gasteiger charge is -2.07. The molecule has 3 aromatic heterocycles. The van der Waals surface area contributed by atoms with Crippen LogP contribution < -0.4 is 15.4 Å². The van der Waals surface area contributed by atoms with Gasteiger partial charge in [0.2, 0.25) is 5.91 Å². The van der Waals surface area contributed by atoms with Gasteiger partial charge in [0.05, 0.1) is 31.1 Å². The second-order valence-electron chi connectivity index (χ2n) is 7.05. The molecule has 0 saturated carbocycles. The van der Waals surface area contributed by atoms with Crippen LogP contribution in [-0.2, 0) is 17.9 Å². The number of nitrogens with zero attached hydrogens (tertiary/aromatic N) is 4. The van der Waals surface area contributed by atoms with E-state index in [0.29, 0.717) is 16.9 Å². The highest BCUT2D eigenvalue weighted by Gasteiger charge is 2.27. The summed E-state index contributed by atoms with van der Waals surface area (Å²) in [7, 11) is 0. The van der Waals surface area contributed by atoms with Crippen LogP contribution in [0.3, 0.4) is 0 Å². The van der Waals surface area contributed by atoms with Crippen molar-refractivity contribution >= 4 is 17.5 Å². The Hall–Kier alpha value is -3.84. The highest BCUT2D eigenvalue weighted by atomic mass is 19.4. The molecule has 3 aromatic rings. The summed E-state index contributed by atoms with van der Waals surface area (Å²) >= 11 is 0. The van der Waals surface area contributed by atoms with Crippen LogP contribution in [0.25, 0.3) is 5.65 Å². The third kappa shape index (κ3) is 7.64. The quantitative estimate of drug-likeness (QED) is 0.427. The maximum atomic E-state index is 12.3. The molecule has 0 fully saturated rings. The number of aromatic nitrogens is 4. The van der Waals surface area contributed by atoms with E-state index in [0.717, 1.165) is 0 Å². The highest BCUT2D eigenvalue weighted by molar-refractivity contribution is 5.92. The van der Waals surface area contributed by atoms with Crippen LogP contribution >= 0.6 is 0 Å². The summed E-state index contributed by atoms with van der Waals surface area (Å²) in [6, 6.07) is 4.18. The normalized spacial score (nSPS) is 11.6. The molecule has 14 heteroatoms. The number of ether oxygens (including phenoxy) is 1. The Morgan fingerprint density at radius 1 is 1.15 bits per heavy atom. The maximum Gasteiger partial charge on any atom is 0.389 e. The van der Waals surface area contributed by atoms with Crippen molar-refractivity contribution in [2.75, 3.05) is 6.61 Å². The molecular formula is C20H19F5N6O3. The summed E-state index contributed by atoms with van der Waals surface area (Å²) in [5.41, 5.74) is 1.33. The van der Waals surface area contributed by atoms with Crippen LogP contribution in [0.1, 0.15) is 34.6 Å². The van der Waals surface area contributed by atoms with Crippen LogP contribution in [0.15, 0.2) is 36.8 Å². The second kappa shape index (κ2) is 10.9. The van der Waals surface area contributed by atoms with Crippen molar-refractivity contribution < 1.29 is 36.3 Å². The number of rotatable bonds is 10. The van der Waals surface area contributed by atoms with Gasteiger partial charge in [-0.25, -0.2) is 18.3 Å². The average molecular weight is 486 g/mol. The van der Waals surface area contributed by atoms with Crippen LogP contribution in [0.5, 0.6) is 5.75 Å². The first-order valence-electron chi connectivity index (χ1n) is 9.91. The van der Waals surface area contributed by atoms with E-state index in [1.807, 2.05) is 0 Å². The van der Waals surface area contributed by atoms with E-state index in [9.17, 15) is 31.5 Å². The van der Waals surface area contributed by atoms with E-state index in [2.05, 4.69) is 25.7 Å². The van der Waals surface area contributed by atoms with Gasteiger partial charge in [-0.15, -0.1) is 0 Å². The van der Waals surface area contributed by atoms with Gasteiger partial charge >= 0.3 is 6.18 Å². The van der Waals surface area contributed by atoms with Gasteiger partial charge in [0.1, 0.15) is 18.1 Å². The number of hydrogen-bond acceptors (Lipinski definition) is 6. The molecule has 182 valence electrons. The summed E-state index contributed by atoms with van der Waals surface area (Å²) in [5, 5.41) is 9.10. The highest BCUT2D eigenvalue weighted by Crippen LogP contribution is 2.21. The molecule has 0 aromatic carbocycles. The number of halogens is 5. The van der Waals surface area contributed by atoms with Gasteiger partial charge in [-0.3, -0.25) is 14.6 Å². The molecule has 0 spiro atoms. The predicted octanol–water partition coefficient (Wildman–Crippen LogP) is 2.66. The molecule has 0 aliphatic rings.